The summed E-state index contributed by atoms with van der Waals surface area (Å²) in [6.07, 6.45) is -0.696. The van der Waals surface area contributed by atoms with Crippen molar-refractivity contribution in [1.82, 2.24) is 0 Å². The van der Waals surface area contributed by atoms with Crippen molar-refractivity contribution in [3.05, 3.63) is 0 Å². The van der Waals surface area contributed by atoms with Crippen LogP contribution in [0.1, 0.15) is 34.1 Å². The molecule has 0 amide bonds. The summed E-state index contributed by atoms with van der Waals surface area (Å²) in [5.74, 6) is 2.88. The van der Waals surface area contributed by atoms with E-state index in [0.29, 0.717) is 0 Å². The SMILES string of the molecule is CC(C)OC(=O)C[C@@H](C#CCO)C(=O)OC(C)C. The van der Waals surface area contributed by atoms with E-state index < -0.39 is 17.9 Å². The van der Waals surface area contributed by atoms with Gasteiger partial charge in [0.15, 0.2) is 0 Å². The average Bonchev–Trinajstić information content (AvgIpc) is 2.21. The van der Waals surface area contributed by atoms with Gasteiger partial charge in [-0.15, -0.1) is 0 Å². The van der Waals surface area contributed by atoms with Gasteiger partial charge in [0.25, 0.3) is 0 Å². The van der Waals surface area contributed by atoms with Crippen molar-refractivity contribution >= 4 is 11.9 Å². The van der Waals surface area contributed by atoms with Gasteiger partial charge in [-0.1, -0.05) is 11.8 Å². The molecule has 0 aliphatic carbocycles. The van der Waals surface area contributed by atoms with Gasteiger partial charge in [-0.25, -0.2) is 0 Å². The molecule has 0 saturated heterocycles. The molecule has 0 aromatic heterocycles. The van der Waals surface area contributed by atoms with Crippen molar-refractivity contribution in [2.45, 2.75) is 46.3 Å². The van der Waals surface area contributed by atoms with E-state index in [9.17, 15) is 9.59 Å². The number of aliphatic hydroxyl groups excluding tert-OH is 1. The molecule has 1 atom stereocenters. The van der Waals surface area contributed by atoms with Gasteiger partial charge in [-0.2, -0.15) is 0 Å². The van der Waals surface area contributed by atoms with E-state index in [4.69, 9.17) is 14.6 Å². The fourth-order valence-electron chi connectivity index (χ4n) is 1.15. The van der Waals surface area contributed by atoms with Crippen LogP contribution in [0.15, 0.2) is 0 Å². The molecule has 0 heterocycles. The third-order valence-corrected chi connectivity index (χ3v) is 1.73. The number of ether oxygens (including phenoxy) is 2. The van der Waals surface area contributed by atoms with Gasteiger partial charge in [0.1, 0.15) is 12.5 Å². The van der Waals surface area contributed by atoms with Gasteiger partial charge in [0.2, 0.25) is 0 Å². The monoisotopic (exact) mass is 256 g/mol. The highest BCUT2D eigenvalue weighted by molar-refractivity contribution is 5.82. The third kappa shape index (κ3) is 7.69. The first-order chi connectivity index (χ1) is 8.36. The van der Waals surface area contributed by atoms with Crippen molar-refractivity contribution in [1.29, 1.82) is 0 Å². The van der Waals surface area contributed by atoms with Gasteiger partial charge in [0, 0.05) is 0 Å². The molecule has 5 heteroatoms. The number of carbonyl (C=O) groups is 2. The Hall–Kier alpha value is -1.54. The van der Waals surface area contributed by atoms with Crippen LogP contribution in [0.25, 0.3) is 0 Å². The van der Waals surface area contributed by atoms with Crippen LogP contribution in [-0.4, -0.2) is 35.9 Å². The fraction of sp³-hybridized carbons (Fsp3) is 0.692. The van der Waals surface area contributed by atoms with E-state index in [1.165, 1.54) is 0 Å². The number of aliphatic hydroxyl groups is 1. The molecule has 0 spiro atoms. The summed E-state index contributed by atoms with van der Waals surface area (Å²) in [6.45, 7) is 6.49. The molecule has 0 aromatic carbocycles. The lowest BCUT2D eigenvalue weighted by atomic mass is 10.1. The lowest BCUT2D eigenvalue weighted by molar-refractivity contribution is -0.157. The molecule has 0 rings (SSSR count). The van der Waals surface area contributed by atoms with E-state index in [0.717, 1.165) is 0 Å². The van der Waals surface area contributed by atoms with Crippen LogP contribution >= 0.6 is 0 Å². The van der Waals surface area contributed by atoms with Crippen LogP contribution < -0.4 is 0 Å². The van der Waals surface area contributed by atoms with Crippen molar-refractivity contribution in [3.63, 3.8) is 0 Å². The molecule has 0 aromatic rings. The second-order valence-electron chi connectivity index (χ2n) is 4.26. The van der Waals surface area contributed by atoms with Crippen molar-refractivity contribution < 1.29 is 24.2 Å². The Labute approximate surface area is 107 Å². The minimum Gasteiger partial charge on any atom is -0.463 e. The van der Waals surface area contributed by atoms with Gasteiger partial charge in [-0.05, 0) is 27.7 Å². The van der Waals surface area contributed by atoms with Crippen LogP contribution in [0.4, 0.5) is 0 Å². The molecular formula is C13H20O5. The van der Waals surface area contributed by atoms with Crippen LogP contribution in [-0.2, 0) is 19.1 Å². The number of carbonyl (C=O) groups excluding carboxylic acids is 2. The van der Waals surface area contributed by atoms with Crippen molar-refractivity contribution in [3.8, 4) is 11.8 Å². The highest BCUT2D eigenvalue weighted by atomic mass is 16.5. The molecule has 0 unspecified atom stereocenters. The number of hydrogen-bond donors (Lipinski definition) is 1. The largest absolute Gasteiger partial charge is 0.463 e. The average molecular weight is 256 g/mol. The molecule has 0 radical (unpaired) electrons. The Morgan fingerprint density at radius 2 is 1.67 bits per heavy atom. The number of esters is 2. The van der Waals surface area contributed by atoms with E-state index in [-0.39, 0.29) is 25.2 Å². The molecule has 0 aliphatic rings. The van der Waals surface area contributed by atoms with E-state index in [1.807, 2.05) is 0 Å². The molecular weight excluding hydrogens is 236 g/mol. The molecule has 5 nitrogen and oxygen atoms in total. The van der Waals surface area contributed by atoms with Crippen LogP contribution in [0.3, 0.4) is 0 Å². The van der Waals surface area contributed by atoms with Crippen molar-refractivity contribution in [2.24, 2.45) is 5.92 Å². The Bertz CT molecular complexity index is 335. The maximum atomic E-state index is 11.7. The highest BCUT2D eigenvalue weighted by Gasteiger charge is 2.23. The topological polar surface area (TPSA) is 72.8 Å². The lowest BCUT2D eigenvalue weighted by Crippen LogP contribution is -2.24. The third-order valence-electron chi connectivity index (χ3n) is 1.73. The van der Waals surface area contributed by atoms with E-state index in [1.54, 1.807) is 27.7 Å². The molecule has 0 fully saturated rings. The normalized spacial score (nSPS) is 11.7. The first kappa shape index (κ1) is 16.5. The van der Waals surface area contributed by atoms with Crippen LogP contribution in [0.2, 0.25) is 0 Å². The van der Waals surface area contributed by atoms with Crippen LogP contribution in [0, 0.1) is 17.8 Å². The summed E-state index contributed by atoms with van der Waals surface area (Å²) in [6, 6.07) is 0. The van der Waals surface area contributed by atoms with Crippen LogP contribution in [0.5, 0.6) is 0 Å². The minimum atomic E-state index is -0.897. The van der Waals surface area contributed by atoms with Gasteiger partial charge >= 0.3 is 11.9 Å². The Morgan fingerprint density at radius 1 is 1.11 bits per heavy atom. The Kier molecular flexibility index (Phi) is 7.81. The predicted molar refractivity (Wildman–Crippen MR) is 65.4 cm³/mol. The smallest absolute Gasteiger partial charge is 0.321 e. The first-order valence-electron chi connectivity index (χ1n) is 5.86. The maximum absolute atomic E-state index is 11.7. The molecule has 0 saturated carbocycles. The first-order valence-corrected chi connectivity index (χ1v) is 5.86. The zero-order valence-electron chi connectivity index (χ0n) is 11.2. The summed E-state index contributed by atoms with van der Waals surface area (Å²) in [4.78, 5) is 23.1. The summed E-state index contributed by atoms with van der Waals surface area (Å²) >= 11 is 0. The van der Waals surface area contributed by atoms with Gasteiger partial charge in [-0.3, -0.25) is 9.59 Å². The van der Waals surface area contributed by atoms with Gasteiger partial charge in [0.05, 0.1) is 18.6 Å². The maximum Gasteiger partial charge on any atom is 0.321 e. The second kappa shape index (κ2) is 8.54. The van der Waals surface area contributed by atoms with E-state index >= 15 is 0 Å². The molecule has 0 aliphatic heterocycles. The summed E-state index contributed by atoms with van der Waals surface area (Å²) < 4.78 is 9.92. The molecule has 1 N–H and O–H groups in total. The van der Waals surface area contributed by atoms with E-state index in [2.05, 4.69) is 11.8 Å². The summed E-state index contributed by atoms with van der Waals surface area (Å²) in [5, 5.41) is 8.62. The zero-order chi connectivity index (χ0) is 14.1. The molecule has 18 heavy (non-hydrogen) atoms. The fourth-order valence-corrected chi connectivity index (χ4v) is 1.15. The zero-order valence-corrected chi connectivity index (χ0v) is 11.2. The number of rotatable bonds is 5. The Balaban J connectivity index is 4.58. The molecule has 0 bridgehead atoms. The minimum absolute atomic E-state index is 0.170. The van der Waals surface area contributed by atoms with Gasteiger partial charge < -0.3 is 14.6 Å². The van der Waals surface area contributed by atoms with Crippen molar-refractivity contribution in [2.75, 3.05) is 6.61 Å². The predicted octanol–water partition coefficient (Wildman–Crippen LogP) is 0.892. The lowest BCUT2D eigenvalue weighted by Gasteiger charge is -2.14. The summed E-state index contributed by atoms with van der Waals surface area (Å²) in [5.41, 5.74) is 0. The second-order valence-corrected chi connectivity index (χ2v) is 4.26. The highest BCUT2D eigenvalue weighted by Crippen LogP contribution is 2.09. The molecule has 102 valence electrons. The standard InChI is InChI=1S/C13H20O5/c1-9(2)17-12(15)8-11(6-5-7-14)13(16)18-10(3)4/h9-11,14H,7-8H2,1-4H3/t11-/m1/s1. The Morgan fingerprint density at radius 3 is 2.11 bits per heavy atom. The summed E-state index contributed by atoms with van der Waals surface area (Å²) in [7, 11) is 0. The number of hydrogen-bond acceptors (Lipinski definition) is 5. The quantitative estimate of drug-likeness (QED) is 0.584.